The van der Waals surface area contributed by atoms with E-state index in [1.165, 1.54) is 30.5 Å². The lowest BCUT2D eigenvalue weighted by Crippen LogP contribution is -2.26. The van der Waals surface area contributed by atoms with Crippen molar-refractivity contribution in [1.29, 1.82) is 0 Å². The van der Waals surface area contributed by atoms with E-state index in [4.69, 9.17) is 27.9 Å². The number of amides is 1. The van der Waals surface area contributed by atoms with Crippen molar-refractivity contribution in [1.82, 2.24) is 4.98 Å². The molecule has 10 heteroatoms. The molecule has 152 valence electrons. The van der Waals surface area contributed by atoms with Gasteiger partial charge in [0.15, 0.2) is 0 Å². The number of hydrogen-bond acceptors (Lipinski definition) is 6. The van der Waals surface area contributed by atoms with Crippen molar-refractivity contribution in [2.45, 2.75) is 6.10 Å². The lowest BCUT2D eigenvalue weighted by Gasteiger charge is -2.18. The highest BCUT2D eigenvalue weighted by Crippen LogP contribution is 2.29. The van der Waals surface area contributed by atoms with Gasteiger partial charge in [-0.05, 0) is 24.3 Å². The fourth-order valence-corrected chi connectivity index (χ4v) is 2.93. The highest BCUT2D eigenvalue weighted by molar-refractivity contribution is 6.33. The molecule has 0 saturated heterocycles. The SMILES string of the molecule is O=C(O[C@H](C(=O)Nc1ccc(Cl)c([N+](=O)[O-])c1)c1ccccc1)c1cccnc1Cl. The fraction of sp³-hybridized carbons (Fsp3) is 0.0500. The van der Waals surface area contributed by atoms with Crippen LogP contribution >= 0.6 is 23.2 Å². The van der Waals surface area contributed by atoms with E-state index in [1.807, 2.05) is 0 Å². The molecule has 0 fully saturated rings. The summed E-state index contributed by atoms with van der Waals surface area (Å²) in [6.07, 6.45) is 0.0678. The number of aromatic nitrogens is 1. The normalized spacial score (nSPS) is 11.4. The van der Waals surface area contributed by atoms with E-state index in [9.17, 15) is 19.7 Å². The number of halogens is 2. The first-order valence-corrected chi connectivity index (χ1v) is 9.23. The molecule has 0 aliphatic rings. The van der Waals surface area contributed by atoms with E-state index in [2.05, 4.69) is 10.3 Å². The first-order chi connectivity index (χ1) is 14.4. The van der Waals surface area contributed by atoms with E-state index in [0.717, 1.165) is 6.07 Å². The molecule has 3 rings (SSSR count). The standard InChI is InChI=1S/C20H13Cl2N3O5/c21-15-9-8-13(11-16(15)25(28)29)24-19(26)17(12-5-2-1-3-6-12)30-20(27)14-7-4-10-23-18(14)22/h1-11,17H,(H,24,26)/t17-/m0/s1. The van der Waals surface area contributed by atoms with Gasteiger partial charge in [-0.3, -0.25) is 14.9 Å². The summed E-state index contributed by atoms with van der Waals surface area (Å²) in [5, 5.41) is 13.4. The van der Waals surface area contributed by atoms with Crippen LogP contribution in [0.1, 0.15) is 22.0 Å². The number of nitrogens with one attached hydrogen (secondary N) is 1. The smallest absolute Gasteiger partial charge is 0.342 e. The van der Waals surface area contributed by atoms with E-state index < -0.39 is 22.9 Å². The zero-order valence-corrected chi connectivity index (χ0v) is 16.6. The molecule has 8 nitrogen and oxygen atoms in total. The van der Waals surface area contributed by atoms with Crippen LogP contribution in [0.4, 0.5) is 11.4 Å². The van der Waals surface area contributed by atoms with E-state index in [1.54, 1.807) is 30.3 Å². The maximum Gasteiger partial charge on any atom is 0.342 e. The molecule has 0 bridgehead atoms. The Balaban J connectivity index is 1.88. The van der Waals surface area contributed by atoms with Crippen molar-refractivity contribution < 1.29 is 19.2 Å². The van der Waals surface area contributed by atoms with E-state index in [-0.39, 0.29) is 27.1 Å². The van der Waals surface area contributed by atoms with Crippen LogP contribution in [0.5, 0.6) is 0 Å². The zero-order valence-electron chi connectivity index (χ0n) is 15.1. The van der Waals surface area contributed by atoms with Gasteiger partial charge >= 0.3 is 5.97 Å². The van der Waals surface area contributed by atoms with Crippen LogP contribution in [-0.4, -0.2) is 21.8 Å². The Labute approximate surface area is 180 Å². The van der Waals surface area contributed by atoms with Crippen molar-refractivity contribution in [3.05, 3.63) is 98.3 Å². The first kappa shape index (κ1) is 21.2. The number of benzene rings is 2. The third kappa shape index (κ3) is 4.91. The van der Waals surface area contributed by atoms with Crippen LogP contribution in [0.3, 0.4) is 0 Å². The van der Waals surface area contributed by atoms with Gasteiger partial charge in [-0.2, -0.15) is 0 Å². The summed E-state index contributed by atoms with van der Waals surface area (Å²) in [7, 11) is 0. The lowest BCUT2D eigenvalue weighted by atomic mass is 10.1. The topological polar surface area (TPSA) is 111 Å². The van der Waals surface area contributed by atoms with Gasteiger partial charge in [0, 0.05) is 23.5 Å². The predicted octanol–water partition coefficient (Wildman–Crippen LogP) is 4.83. The van der Waals surface area contributed by atoms with Crippen LogP contribution in [-0.2, 0) is 9.53 Å². The maximum absolute atomic E-state index is 12.9. The molecule has 1 heterocycles. The number of nitro groups is 1. The predicted molar refractivity (Wildman–Crippen MR) is 111 cm³/mol. The summed E-state index contributed by atoms with van der Waals surface area (Å²) in [5.74, 6) is -1.56. The third-order valence-electron chi connectivity index (χ3n) is 3.95. The number of pyridine rings is 1. The van der Waals surface area contributed by atoms with Crippen molar-refractivity contribution in [3.8, 4) is 0 Å². The molecular formula is C20H13Cl2N3O5. The molecule has 0 spiro atoms. The molecule has 0 radical (unpaired) electrons. The molecule has 3 aromatic rings. The zero-order chi connectivity index (χ0) is 21.7. The Morgan fingerprint density at radius 2 is 1.80 bits per heavy atom. The Bertz CT molecular complexity index is 1110. The number of nitrogens with zero attached hydrogens (tertiary/aromatic N) is 2. The summed E-state index contributed by atoms with van der Waals surface area (Å²) >= 11 is 11.7. The summed E-state index contributed by atoms with van der Waals surface area (Å²) in [6, 6.07) is 15.0. The Morgan fingerprint density at radius 3 is 2.47 bits per heavy atom. The van der Waals surface area contributed by atoms with Crippen LogP contribution in [0.25, 0.3) is 0 Å². The van der Waals surface area contributed by atoms with Crippen molar-refractivity contribution in [2.75, 3.05) is 5.32 Å². The lowest BCUT2D eigenvalue weighted by molar-refractivity contribution is -0.384. The average Bonchev–Trinajstić information content (AvgIpc) is 2.74. The molecule has 0 aliphatic carbocycles. The monoisotopic (exact) mass is 445 g/mol. The number of carbonyl (C=O) groups is 2. The molecule has 1 amide bonds. The molecular weight excluding hydrogens is 433 g/mol. The van der Waals surface area contributed by atoms with Crippen LogP contribution in [0.15, 0.2) is 66.9 Å². The van der Waals surface area contributed by atoms with Crippen LogP contribution < -0.4 is 5.32 Å². The Morgan fingerprint density at radius 1 is 1.07 bits per heavy atom. The summed E-state index contributed by atoms with van der Waals surface area (Å²) in [6.45, 7) is 0. The number of anilines is 1. The second kappa shape index (κ2) is 9.34. The van der Waals surface area contributed by atoms with Gasteiger partial charge in [0.1, 0.15) is 10.2 Å². The highest BCUT2D eigenvalue weighted by atomic mass is 35.5. The maximum atomic E-state index is 12.9. The number of carbonyl (C=O) groups excluding carboxylic acids is 2. The van der Waals surface area contributed by atoms with Crippen molar-refractivity contribution >= 4 is 46.5 Å². The summed E-state index contributed by atoms with van der Waals surface area (Å²) in [4.78, 5) is 39.7. The van der Waals surface area contributed by atoms with Gasteiger partial charge in [-0.25, -0.2) is 9.78 Å². The minimum Gasteiger partial charge on any atom is -0.444 e. The molecule has 2 aromatic carbocycles. The molecule has 30 heavy (non-hydrogen) atoms. The van der Waals surface area contributed by atoms with Gasteiger partial charge in [0.05, 0.1) is 10.5 Å². The fourth-order valence-electron chi connectivity index (χ4n) is 2.55. The average molecular weight is 446 g/mol. The molecule has 1 N–H and O–H groups in total. The minimum absolute atomic E-state index is 0.00460. The second-order valence-electron chi connectivity index (χ2n) is 5.95. The highest BCUT2D eigenvalue weighted by Gasteiger charge is 2.27. The van der Waals surface area contributed by atoms with Gasteiger partial charge in [0.25, 0.3) is 11.6 Å². The van der Waals surface area contributed by atoms with Crippen LogP contribution in [0, 0.1) is 10.1 Å². The number of esters is 1. The first-order valence-electron chi connectivity index (χ1n) is 8.48. The molecule has 0 unspecified atom stereocenters. The number of hydrogen-bond donors (Lipinski definition) is 1. The van der Waals surface area contributed by atoms with E-state index in [0.29, 0.717) is 5.56 Å². The molecule has 0 aliphatic heterocycles. The summed E-state index contributed by atoms with van der Waals surface area (Å²) < 4.78 is 5.40. The van der Waals surface area contributed by atoms with Crippen molar-refractivity contribution in [3.63, 3.8) is 0 Å². The number of nitro benzene ring substituents is 1. The van der Waals surface area contributed by atoms with Crippen LogP contribution in [0.2, 0.25) is 10.2 Å². The summed E-state index contributed by atoms with van der Waals surface area (Å²) in [5.41, 5.74) is 0.138. The third-order valence-corrected chi connectivity index (χ3v) is 4.58. The molecule has 0 saturated carbocycles. The van der Waals surface area contributed by atoms with Gasteiger partial charge in [-0.1, -0.05) is 53.5 Å². The molecule has 1 atom stereocenters. The van der Waals surface area contributed by atoms with Gasteiger partial charge < -0.3 is 10.1 Å². The number of rotatable bonds is 6. The largest absolute Gasteiger partial charge is 0.444 e. The quantitative estimate of drug-likeness (QED) is 0.251. The second-order valence-corrected chi connectivity index (χ2v) is 6.72. The Hall–Kier alpha value is -3.49. The Kier molecular flexibility index (Phi) is 6.61. The van der Waals surface area contributed by atoms with Gasteiger partial charge in [0.2, 0.25) is 6.10 Å². The molecule has 1 aromatic heterocycles. The number of ether oxygens (including phenoxy) is 1. The van der Waals surface area contributed by atoms with Crippen molar-refractivity contribution in [2.24, 2.45) is 0 Å². The van der Waals surface area contributed by atoms with Gasteiger partial charge in [-0.15, -0.1) is 0 Å². The minimum atomic E-state index is -1.34. The van der Waals surface area contributed by atoms with E-state index >= 15 is 0 Å².